The minimum atomic E-state index is 0.0210. The second-order valence-electron chi connectivity index (χ2n) is 5.52. The van der Waals surface area contributed by atoms with E-state index in [9.17, 15) is 4.79 Å². The predicted molar refractivity (Wildman–Crippen MR) is 91.1 cm³/mol. The molecule has 0 saturated carbocycles. The number of amides is 1. The topological polar surface area (TPSA) is 47.6 Å². The maximum atomic E-state index is 12.0. The fourth-order valence-electron chi connectivity index (χ4n) is 2.41. The molecule has 1 aliphatic rings. The smallest absolute Gasteiger partial charge is 0.231 e. The van der Waals surface area contributed by atoms with E-state index < -0.39 is 0 Å². The minimum Gasteiger partial charge on any atom is -0.454 e. The van der Waals surface area contributed by atoms with Crippen molar-refractivity contribution in [3.05, 3.63) is 53.1 Å². The average molecular weight is 329 g/mol. The fourth-order valence-corrected chi connectivity index (χ4v) is 3.25. The number of hydrogen-bond acceptors (Lipinski definition) is 4. The average Bonchev–Trinajstić information content (AvgIpc) is 2.99. The summed E-state index contributed by atoms with van der Waals surface area (Å²) in [5, 5.41) is 2.94. The van der Waals surface area contributed by atoms with Crippen molar-refractivity contribution in [2.45, 2.75) is 25.3 Å². The van der Waals surface area contributed by atoms with Crippen molar-refractivity contribution in [1.82, 2.24) is 5.32 Å². The molecule has 1 heterocycles. The summed E-state index contributed by atoms with van der Waals surface area (Å²) >= 11 is 1.56. The molecule has 0 spiro atoms. The van der Waals surface area contributed by atoms with Gasteiger partial charge in [-0.05, 0) is 43.2 Å². The monoisotopic (exact) mass is 329 g/mol. The predicted octanol–water partition coefficient (Wildman–Crippen LogP) is 3.44. The number of carbonyl (C=O) groups excluding carboxylic acids is 1. The highest BCUT2D eigenvalue weighted by molar-refractivity contribution is 8.00. The molecule has 0 atom stereocenters. The molecule has 1 aliphatic heterocycles. The molecule has 1 amide bonds. The second kappa shape index (κ2) is 6.96. The van der Waals surface area contributed by atoms with Crippen molar-refractivity contribution in [3.63, 3.8) is 0 Å². The van der Waals surface area contributed by atoms with Crippen LogP contribution in [-0.4, -0.2) is 18.5 Å². The number of benzene rings is 2. The van der Waals surface area contributed by atoms with Crippen LogP contribution < -0.4 is 14.8 Å². The largest absolute Gasteiger partial charge is 0.454 e. The van der Waals surface area contributed by atoms with Crippen molar-refractivity contribution < 1.29 is 14.3 Å². The molecule has 0 saturated heterocycles. The summed E-state index contributed by atoms with van der Waals surface area (Å²) in [6, 6.07) is 12.0. The Kier molecular flexibility index (Phi) is 4.76. The SMILES string of the molecule is Cc1ccc(SCC(=O)NCc2ccc3c(c2)OCO3)c(C)c1. The number of hydrogen-bond donors (Lipinski definition) is 1. The molecular formula is C18H19NO3S. The van der Waals surface area contributed by atoms with Crippen LogP contribution in [0.5, 0.6) is 11.5 Å². The van der Waals surface area contributed by atoms with Crippen molar-refractivity contribution in [2.75, 3.05) is 12.5 Å². The van der Waals surface area contributed by atoms with E-state index in [0.29, 0.717) is 12.3 Å². The summed E-state index contributed by atoms with van der Waals surface area (Å²) < 4.78 is 10.6. The number of fused-ring (bicyclic) bond motifs is 1. The molecule has 1 N–H and O–H groups in total. The first-order chi connectivity index (χ1) is 11.1. The normalized spacial score (nSPS) is 12.3. The van der Waals surface area contributed by atoms with Crippen LogP contribution in [-0.2, 0) is 11.3 Å². The fraction of sp³-hybridized carbons (Fsp3) is 0.278. The molecule has 0 aliphatic carbocycles. The molecule has 3 rings (SSSR count). The number of nitrogens with one attached hydrogen (secondary N) is 1. The van der Waals surface area contributed by atoms with Crippen LogP contribution in [0.3, 0.4) is 0 Å². The van der Waals surface area contributed by atoms with Gasteiger partial charge in [0.05, 0.1) is 5.75 Å². The van der Waals surface area contributed by atoms with Gasteiger partial charge in [-0.3, -0.25) is 4.79 Å². The van der Waals surface area contributed by atoms with Gasteiger partial charge in [0.15, 0.2) is 11.5 Å². The molecule has 0 bridgehead atoms. The molecule has 0 fully saturated rings. The van der Waals surface area contributed by atoms with Gasteiger partial charge in [-0.2, -0.15) is 0 Å². The Morgan fingerprint density at radius 2 is 1.96 bits per heavy atom. The second-order valence-corrected chi connectivity index (χ2v) is 6.54. The van der Waals surface area contributed by atoms with Gasteiger partial charge in [0.1, 0.15) is 0 Å². The summed E-state index contributed by atoms with van der Waals surface area (Å²) in [4.78, 5) is 13.2. The first-order valence-electron chi connectivity index (χ1n) is 7.47. The molecule has 2 aromatic rings. The van der Waals surface area contributed by atoms with Gasteiger partial charge >= 0.3 is 0 Å². The lowest BCUT2D eigenvalue weighted by molar-refractivity contribution is -0.118. The summed E-state index contributed by atoms with van der Waals surface area (Å²) in [6.07, 6.45) is 0. The Hall–Kier alpha value is -2.14. The number of ether oxygens (including phenoxy) is 2. The van der Waals surface area contributed by atoms with E-state index >= 15 is 0 Å². The van der Waals surface area contributed by atoms with Gasteiger partial charge in [0, 0.05) is 11.4 Å². The van der Waals surface area contributed by atoms with Crippen molar-refractivity contribution in [2.24, 2.45) is 0 Å². The number of carbonyl (C=O) groups is 1. The molecule has 23 heavy (non-hydrogen) atoms. The Labute approximate surface area is 140 Å². The summed E-state index contributed by atoms with van der Waals surface area (Å²) in [7, 11) is 0. The van der Waals surface area contributed by atoms with E-state index in [2.05, 4.69) is 37.4 Å². The van der Waals surface area contributed by atoms with Crippen LogP contribution in [0.15, 0.2) is 41.3 Å². The quantitative estimate of drug-likeness (QED) is 0.854. The Morgan fingerprint density at radius 1 is 1.13 bits per heavy atom. The summed E-state index contributed by atoms with van der Waals surface area (Å²) in [5.74, 6) is 1.92. The zero-order chi connectivity index (χ0) is 16.2. The van der Waals surface area contributed by atoms with E-state index in [-0.39, 0.29) is 12.7 Å². The minimum absolute atomic E-state index is 0.0210. The first-order valence-corrected chi connectivity index (χ1v) is 8.45. The molecule has 120 valence electrons. The third-order valence-electron chi connectivity index (χ3n) is 3.62. The van der Waals surface area contributed by atoms with E-state index in [1.165, 1.54) is 11.1 Å². The maximum absolute atomic E-state index is 12.0. The molecule has 4 nitrogen and oxygen atoms in total. The van der Waals surface area contributed by atoms with E-state index in [4.69, 9.17) is 9.47 Å². The highest BCUT2D eigenvalue weighted by Crippen LogP contribution is 2.32. The van der Waals surface area contributed by atoms with Crippen molar-refractivity contribution in [3.8, 4) is 11.5 Å². The Balaban J connectivity index is 1.50. The van der Waals surface area contributed by atoms with Crippen LogP contribution in [0, 0.1) is 13.8 Å². The summed E-state index contributed by atoms with van der Waals surface area (Å²) in [5.41, 5.74) is 3.44. The molecule has 0 aromatic heterocycles. The maximum Gasteiger partial charge on any atom is 0.231 e. The Morgan fingerprint density at radius 3 is 2.78 bits per heavy atom. The molecule has 0 radical (unpaired) electrons. The molecular weight excluding hydrogens is 310 g/mol. The Bertz CT molecular complexity index is 730. The molecule has 5 heteroatoms. The highest BCUT2D eigenvalue weighted by atomic mass is 32.2. The highest BCUT2D eigenvalue weighted by Gasteiger charge is 2.13. The summed E-state index contributed by atoms with van der Waals surface area (Å²) in [6.45, 7) is 4.89. The number of thioether (sulfide) groups is 1. The third-order valence-corrected chi connectivity index (χ3v) is 4.79. The van der Waals surface area contributed by atoms with E-state index in [1.54, 1.807) is 11.8 Å². The van der Waals surface area contributed by atoms with Gasteiger partial charge in [0.25, 0.3) is 0 Å². The van der Waals surface area contributed by atoms with Crippen LogP contribution in [0.4, 0.5) is 0 Å². The number of rotatable bonds is 5. The van der Waals surface area contributed by atoms with Crippen LogP contribution in [0.25, 0.3) is 0 Å². The lowest BCUT2D eigenvalue weighted by Gasteiger charge is -2.08. The first kappa shape index (κ1) is 15.7. The van der Waals surface area contributed by atoms with E-state index in [1.807, 2.05) is 18.2 Å². The van der Waals surface area contributed by atoms with Gasteiger partial charge in [-0.15, -0.1) is 11.8 Å². The van der Waals surface area contributed by atoms with Gasteiger partial charge < -0.3 is 14.8 Å². The molecule has 0 unspecified atom stereocenters. The van der Waals surface area contributed by atoms with Crippen LogP contribution >= 0.6 is 11.8 Å². The third kappa shape index (κ3) is 3.99. The zero-order valence-electron chi connectivity index (χ0n) is 13.2. The van der Waals surface area contributed by atoms with Crippen LogP contribution in [0.1, 0.15) is 16.7 Å². The lowest BCUT2D eigenvalue weighted by atomic mass is 10.2. The standard InChI is InChI=1S/C18H19NO3S/c1-12-3-6-17(13(2)7-12)23-10-18(20)19-9-14-4-5-15-16(8-14)22-11-21-15/h3-8H,9-11H2,1-2H3,(H,19,20). The van der Waals surface area contributed by atoms with Crippen LogP contribution in [0.2, 0.25) is 0 Å². The van der Waals surface area contributed by atoms with Crippen molar-refractivity contribution in [1.29, 1.82) is 0 Å². The molecule has 2 aromatic carbocycles. The van der Waals surface area contributed by atoms with Gasteiger partial charge in [0.2, 0.25) is 12.7 Å². The number of aryl methyl sites for hydroxylation is 2. The zero-order valence-corrected chi connectivity index (χ0v) is 14.0. The van der Waals surface area contributed by atoms with Gasteiger partial charge in [-0.1, -0.05) is 23.8 Å². The van der Waals surface area contributed by atoms with Gasteiger partial charge in [-0.25, -0.2) is 0 Å². The van der Waals surface area contributed by atoms with Crippen molar-refractivity contribution >= 4 is 17.7 Å². The lowest BCUT2D eigenvalue weighted by Crippen LogP contribution is -2.24. The van der Waals surface area contributed by atoms with E-state index in [0.717, 1.165) is 22.0 Å².